The number of nitrogens with one attached hydrogen (secondary N) is 2. The second kappa shape index (κ2) is 9.84. The van der Waals surface area contributed by atoms with Crippen molar-refractivity contribution in [2.24, 2.45) is 0 Å². The monoisotopic (exact) mass is 484 g/mol. The zero-order valence-corrected chi connectivity index (χ0v) is 18.9. The van der Waals surface area contributed by atoms with Gasteiger partial charge in [0, 0.05) is 11.1 Å². The third-order valence-electron chi connectivity index (χ3n) is 4.10. The van der Waals surface area contributed by atoms with E-state index < -0.39 is 15.9 Å². The zero-order chi connectivity index (χ0) is 21.7. The van der Waals surface area contributed by atoms with Gasteiger partial charge in [0.15, 0.2) is 0 Å². The molecule has 158 valence electrons. The summed E-state index contributed by atoms with van der Waals surface area (Å²) in [6.45, 7) is 1.78. The molecule has 0 saturated heterocycles. The standard InChI is InChI=1S/C19H18Cl2N4O3S2/c1-12(7-8-13-5-3-2-4-6-13)25-30(27,28)19-24-23-18(29-19)22-17(26)15-10-9-14(20)11-16(15)21/h2-6,9-12,25H,7-8H2,1H3,(H,22,23,26)/t12-/m0/s1. The maximum atomic E-state index is 12.6. The number of halogens is 2. The number of benzene rings is 2. The molecule has 3 rings (SSSR count). The first-order valence-electron chi connectivity index (χ1n) is 8.91. The van der Waals surface area contributed by atoms with Gasteiger partial charge in [-0.1, -0.05) is 64.9 Å². The molecule has 0 radical (unpaired) electrons. The number of carbonyl (C=O) groups is 1. The van der Waals surface area contributed by atoms with Crippen LogP contribution >= 0.6 is 34.5 Å². The first-order chi connectivity index (χ1) is 14.2. The summed E-state index contributed by atoms with van der Waals surface area (Å²) in [5.41, 5.74) is 1.32. The number of rotatable bonds is 8. The van der Waals surface area contributed by atoms with Crippen LogP contribution in [0.5, 0.6) is 0 Å². The number of hydrogen-bond donors (Lipinski definition) is 2. The molecule has 0 saturated carbocycles. The second-order valence-corrected chi connectivity index (χ2v) is 10.2. The molecule has 0 spiro atoms. The quantitative estimate of drug-likeness (QED) is 0.461. The Bertz CT molecular complexity index is 1140. The topological polar surface area (TPSA) is 101 Å². The Morgan fingerprint density at radius 1 is 1.13 bits per heavy atom. The molecule has 30 heavy (non-hydrogen) atoms. The summed E-state index contributed by atoms with van der Waals surface area (Å²) in [4.78, 5) is 12.3. The lowest BCUT2D eigenvalue weighted by Gasteiger charge is -2.12. The minimum absolute atomic E-state index is 0.0448. The van der Waals surface area contributed by atoms with E-state index in [1.54, 1.807) is 6.92 Å². The zero-order valence-electron chi connectivity index (χ0n) is 15.8. The van der Waals surface area contributed by atoms with Gasteiger partial charge in [0.05, 0.1) is 10.6 Å². The lowest BCUT2D eigenvalue weighted by molar-refractivity contribution is 0.102. The van der Waals surface area contributed by atoms with Gasteiger partial charge in [-0.3, -0.25) is 10.1 Å². The average Bonchev–Trinajstić information content (AvgIpc) is 3.16. The fourth-order valence-corrected chi connectivity index (χ4v) is 5.29. The Labute approximate surface area is 188 Å². The number of hydrogen-bond acceptors (Lipinski definition) is 6. The average molecular weight is 485 g/mol. The fraction of sp³-hybridized carbons (Fsp3) is 0.211. The van der Waals surface area contributed by atoms with Crippen molar-refractivity contribution < 1.29 is 13.2 Å². The Morgan fingerprint density at radius 3 is 2.57 bits per heavy atom. The maximum Gasteiger partial charge on any atom is 0.270 e. The molecular formula is C19H18Cl2N4O3S2. The van der Waals surface area contributed by atoms with Gasteiger partial charge in [-0.25, -0.2) is 13.1 Å². The number of aryl methyl sites for hydroxylation is 1. The third kappa shape index (κ3) is 5.99. The van der Waals surface area contributed by atoms with E-state index in [1.807, 2.05) is 30.3 Å². The lowest BCUT2D eigenvalue weighted by Crippen LogP contribution is -2.32. The van der Waals surface area contributed by atoms with Crippen molar-refractivity contribution in [3.05, 3.63) is 69.7 Å². The highest BCUT2D eigenvalue weighted by molar-refractivity contribution is 7.91. The molecule has 0 fully saturated rings. The van der Waals surface area contributed by atoms with Gasteiger partial charge < -0.3 is 0 Å². The minimum Gasteiger partial charge on any atom is -0.296 e. The van der Waals surface area contributed by atoms with Crippen molar-refractivity contribution >= 4 is 55.6 Å². The summed E-state index contributed by atoms with van der Waals surface area (Å²) < 4.78 is 27.5. The van der Waals surface area contributed by atoms with Crippen LogP contribution in [0.2, 0.25) is 10.0 Å². The van der Waals surface area contributed by atoms with E-state index in [0.29, 0.717) is 11.4 Å². The molecule has 1 heterocycles. The van der Waals surface area contributed by atoms with Crippen LogP contribution in [-0.4, -0.2) is 30.6 Å². The van der Waals surface area contributed by atoms with Gasteiger partial charge in [-0.2, -0.15) is 0 Å². The molecule has 0 aliphatic rings. The number of aromatic nitrogens is 2. The summed E-state index contributed by atoms with van der Waals surface area (Å²) in [5.74, 6) is -0.541. The summed E-state index contributed by atoms with van der Waals surface area (Å²) in [6, 6.07) is 13.9. The van der Waals surface area contributed by atoms with Crippen LogP contribution in [0.25, 0.3) is 0 Å². The predicted octanol–water partition coefficient (Wildman–Crippen LogP) is 4.40. The van der Waals surface area contributed by atoms with Crippen molar-refractivity contribution in [2.75, 3.05) is 5.32 Å². The molecule has 0 unspecified atom stereocenters. The molecule has 0 bridgehead atoms. The molecule has 11 heteroatoms. The highest BCUT2D eigenvalue weighted by atomic mass is 35.5. The van der Waals surface area contributed by atoms with E-state index in [9.17, 15) is 13.2 Å². The summed E-state index contributed by atoms with van der Waals surface area (Å²) >= 11 is 12.6. The largest absolute Gasteiger partial charge is 0.296 e. The van der Waals surface area contributed by atoms with Gasteiger partial charge >= 0.3 is 0 Å². The van der Waals surface area contributed by atoms with E-state index >= 15 is 0 Å². The van der Waals surface area contributed by atoms with Crippen LogP contribution < -0.4 is 10.0 Å². The van der Waals surface area contributed by atoms with E-state index in [2.05, 4.69) is 20.2 Å². The Hall–Kier alpha value is -2.04. The molecular weight excluding hydrogens is 467 g/mol. The van der Waals surface area contributed by atoms with E-state index in [1.165, 1.54) is 18.2 Å². The van der Waals surface area contributed by atoms with Crippen LogP contribution in [0.1, 0.15) is 29.3 Å². The Kier molecular flexibility index (Phi) is 7.43. The molecule has 2 N–H and O–H groups in total. The highest BCUT2D eigenvalue weighted by Crippen LogP contribution is 2.24. The smallest absolute Gasteiger partial charge is 0.270 e. The first-order valence-corrected chi connectivity index (χ1v) is 12.0. The van der Waals surface area contributed by atoms with E-state index in [4.69, 9.17) is 23.2 Å². The van der Waals surface area contributed by atoms with E-state index in [0.717, 1.165) is 23.3 Å². The van der Waals surface area contributed by atoms with Gasteiger partial charge in [0.25, 0.3) is 15.9 Å². The van der Waals surface area contributed by atoms with Gasteiger partial charge in [-0.05, 0) is 43.5 Å². The first kappa shape index (κ1) is 22.6. The Morgan fingerprint density at radius 2 is 1.87 bits per heavy atom. The normalized spacial score (nSPS) is 12.5. The Balaban J connectivity index is 1.61. The van der Waals surface area contributed by atoms with Crippen molar-refractivity contribution in [3.63, 3.8) is 0 Å². The molecule has 0 aliphatic carbocycles. The van der Waals surface area contributed by atoms with Crippen molar-refractivity contribution in [3.8, 4) is 0 Å². The molecule has 0 aliphatic heterocycles. The third-order valence-corrected chi connectivity index (χ3v) is 7.44. The molecule has 2 aromatic carbocycles. The number of anilines is 1. The number of amides is 1. The van der Waals surface area contributed by atoms with Gasteiger partial charge in [0.1, 0.15) is 0 Å². The molecule has 1 aromatic heterocycles. The molecule has 1 amide bonds. The maximum absolute atomic E-state index is 12.6. The SMILES string of the molecule is C[C@@H](CCc1ccccc1)NS(=O)(=O)c1nnc(NC(=O)c2ccc(Cl)cc2Cl)s1. The van der Waals surface area contributed by atoms with Gasteiger partial charge in [0.2, 0.25) is 9.47 Å². The summed E-state index contributed by atoms with van der Waals surface area (Å²) in [6.07, 6.45) is 1.37. The lowest BCUT2D eigenvalue weighted by atomic mass is 10.1. The van der Waals surface area contributed by atoms with Crippen molar-refractivity contribution in [1.29, 1.82) is 0 Å². The van der Waals surface area contributed by atoms with Crippen molar-refractivity contribution in [2.45, 2.75) is 30.1 Å². The highest BCUT2D eigenvalue weighted by Gasteiger charge is 2.23. The van der Waals surface area contributed by atoms with Crippen LogP contribution in [0.15, 0.2) is 52.9 Å². The minimum atomic E-state index is -3.86. The summed E-state index contributed by atoms with van der Waals surface area (Å²) in [7, 11) is -3.86. The van der Waals surface area contributed by atoms with Crippen LogP contribution in [-0.2, 0) is 16.4 Å². The molecule has 1 atom stereocenters. The molecule has 3 aromatic rings. The fourth-order valence-electron chi connectivity index (χ4n) is 2.61. The number of sulfonamides is 1. The molecule has 7 nitrogen and oxygen atoms in total. The number of nitrogens with zero attached hydrogens (tertiary/aromatic N) is 2. The van der Waals surface area contributed by atoms with E-state index in [-0.39, 0.29) is 26.1 Å². The van der Waals surface area contributed by atoms with Crippen LogP contribution in [0.4, 0.5) is 5.13 Å². The second-order valence-electron chi connectivity index (χ2n) is 6.50. The van der Waals surface area contributed by atoms with Crippen LogP contribution in [0.3, 0.4) is 0 Å². The number of carbonyl (C=O) groups excluding carboxylic acids is 1. The van der Waals surface area contributed by atoms with Gasteiger partial charge in [-0.15, -0.1) is 10.2 Å². The predicted molar refractivity (Wildman–Crippen MR) is 119 cm³/mol. The van der Waals surface area contributed by atoms with Crippen LogP contribution in [0, 0.1) is 0 Å². The summed E-state index contributed by atoms with van der Waals surface area (Å²) in [5, 5.41) is 10.5. The van der Waals surface area contributed by atoms with Crippen molar-refractivity contribution in [1.82, 2.24) is 14.9 Å².